The number of hydrogen-bond donors (Lipinski definition) is 0. The average Bonchev–Trinajstić information content (AvgIpc) is 2.71. The van der Waals surface area contributed by atoms with Crippen LogP contribution in [0.5, 0.6) is 0 Å². The number of amides is 1. The van der Waals surface area contributed by atoms with Gasteiger partial charge in [-0.25, -0.2) is 13.2 Å². The molecule has 2 fully saturated rings. The van der Waals surface area contributed by atoms with Crippen LogP contribution in [0.15, 0.2) is 17.0 Å². The molecule has 9 nitrogen and oxygen atoms in total. The zero-order valence-corrected chi connectivity index (χ0v) is 19.5. The van der Waals surface area contributed by atoms with Crippen LogP contribution in [0.3, 0.4) is 0 Å². The van der Waals surface area contributed by atoms with Crippen molar-refractivity contribution in [2.75, 3.05) is 46.0 Å². The van der Waals surface area contributed by atoms with E-state index in [-0.39, 0.29) is 64.9 Å². The third-order valence-electron chi connectivity index (χ3n) is 4.93. The molecule has 2 saturated heterocycles. The van der Waals surface area contributed by atoms with Gasteiger partial charge in [0.1, 0.15) is 4.90 Å². The van der Waals surface area contributed by atoms with Crippen LogP contribution in [0.25, 0.3) is 0 Å². The lowest BCUT2D eigenvalue weighted by Crippen LogP contribution is -2.49. The number of hydrogen-bond acceptors (Lipinski definition) is 7. The van der Waals surface area contributed by atoms with Crippen LogP contribution >= 0.6 is 23.2 Å². The van der Waals surface area contributed by atoms with Gasteiger partial charge in [-0.05, 0) is 26.0 Å². The highest BCUT2D eigenvalue weighted by Gasteiger charge is 2.31. The molecule has 0 saturated carbocycles. The molecule has 1 aromatic carbocycles. The van der Waals surface area contributed by atoms with Crippen molar-refractivity contribution < 1.29 is 32.2 Å². The molecule has 2 unspecified atom stereocenters. The number of ether oxygens (including phenoxy) is 3. The molecule has 0 spiro atoms. The highest BCUT2D eigenvalue weighted by Crippen LogP contribution is 2.31. The van der Waals surface area contributed by atoms with Gasteiger partial charge in [0.05, 0.1) is 41.0 Å². The zero-order chi connectivity index (χ0) is 22.8. The van der Waals surface area contributed by atoms with Crippen LogP contribution in [0.4, 0.5) is 0 Å². The fourth-order valence-electron chi connectivity index (χ4n) is 3.49. The van der Waals surface area contributed by atoms with E-state index in [0.717, 1.165) is 6.07 Å². The Kier molecular flexibility index (Phi) is 7.82. The summed E-state index contributed by atoms with van der Waals surface area (Å²) >= 11 is 12.2. The molecule has 0 radical (unpaired) electrons. The highest BCUT2D eigenvalue weighted by atomic mass is 35.5. The number of sulfonamides is 1. The maximum Gasteiger partial charge on any atom is 0.340 e. The minimum atomic E-state index is -3.96. The van der Waals surface area contributed by atoms with Crippen molar-refractivity contribution in [1.29, 1.82) is 0 Å². The van der Waals surface area contributed by atoms with Gasteiger partial charge in [0.25, 0.3) is 5.91 Å². The number of carbonyl (C=O) groups excluding carboxylic acids is 2. The topological polar surface area (TPSA) is 102 Å². The second kappa shape index (κ2) is 10.0. The van der Waals surface area contributed by atoms with Crippen molar-refractivity contribution >= 4 is 45.1 Å². The first-order chi connectivity index (χ1) is 14.6. The molecule has 1 amide bonds. The Morgan fingerprint density at radius 3 is 2.32 bits per heavy atom. The Labute approximate surface area is 191 Å². The number of rotatable bonds is 5. The molecule has 12 heteroatoms. The first-order valence-corrected chi connectivity index (χ1v) is 12.0. The molecule has 172 valence electrons. The smallest absolute Gasteiger partial charge is 0.340 e. The molecule has 3 rings (SSSR count). The lowest BCUT2D eigenvalue weighted by Gasteiger charge is -2.35. The van der Waals surface area contributed by atoms with E-state index >= 15 is 0 Å². The molecule has 2 atom stereocenters. The Balaban J connectivity index is 1.74. The highest BCUT2D eigenvalue weighted by molar-refractivity contribution is 7.89. The van der Waals surface area contributed by atoms with Crippen LogP contribution in [0.2, 0.25) is 10.0 Å². The number of morpholine rings is 2. The van der Waals surface area contributed by atoms with Gasteiger partial charge >= 0.3 is 5.97 Å². The maximum absolute atomic E-state index is 12.9. The molecule has 2 aliphatic heterocycles. The van der Waals surface area contributed by atoms with Gasteiger partial charge in [-0.15, -0.1) is 0 Å². The van der Waals surface area contributed by atoms with E-state index in [1.807, 2.05) is 13.8 Å². The van der Waals surface area contributed by atoms with Gasteiger partial charge in [-0.1, -0.05) is 23.2 Å². The van der Waals surface area contributed by atoms with Crippen molar-refractivity contribution in [3.8, 4) is 0 Å². The van der Waals surface area contributed by atoms with E-state index in [2.05, 4.69) is 0 Å². The van der Waals surface area contributed by atoms with Crippen molar-refractivity contribution in [1.82, 2.24) is 9.21 Å². The minimum Gasteiger partial charge on any atom is -0.452 e. The number of nitrogens with zero attached hydrogens (tertiary/aromatic N) is 2. The average molecular weight is 495 g/mol. The first-order valence-electron chi connectivity index (χ1n) is 9.77. The van der Waals surface area contributed by atoms with Crippen LogP contribution in [0.1, 0.15) is 24.2 Å². The Bertz CT molecular complexity index is 941. The summed E-state index contributed by atoms with van der Waals surface area (Å²) in [5.74, 6) is -1.29. The van der Waals surface area contributed by atoms with Gasteiger partial charge in [-0.2, -0.15) is 4.31 Å². The number of benzene rings is 1. The summed E-state index contributed by atoms with van der Waals surface area (Å²) in [6.45, 7) is 4.87. The standard InChI is InChI=1S/C19H24Cl2N2O7S/c1-12-9-22(10-13(2)30-12)18(24)11-29-19(25)14-7-17(16(21)8-15(14)20)31(26,27)23-3-5-28-6-4-23/h7-8,12-13H,3-6,9-11H2,1-2H3. The van der Waals surface area contributed by atoms with Crippen LogP contribution < -0.4 is 0 Å². The fourth-order valence-corrected chi connectivity index (χ4v) is 5.72. The molecule has 0 aliphatic carbocycles. The van der Waals surface area contributed by atoms with Crippen LogP contribution in [-0.2, 0) is 29.0 Å². The summed E-state index contributed by atoms with van der Waals surface area (Å²) in [7, 11) is -3.96. The SMILES string of the molecule is CC1CN(C(=O)COC(=O)c2cc(S(=O)(=O)N3CCOCC3)c(Cl)cc2Cl)CC(C)O1. The second-order valence-electron chi connectivity index (χ2n) is 7.41. The summed E-state index contributed by atoms with van der Waals surface area (Å²) in [5.41, 5.74) is -0.186. The summed E-state index contributed by atoms with van der Waals surface area (Å²) in [6, 6.07) is 2.27. The van der Waals surface area contributed by atoms with Gasteiger partial charge in [0.15, 0.2) is 6.61 Å². The van der Waals surface area contributed by atoms with Crippen LogP contribution in [0, 0.1) is 0 Å². The Morgan fingerprint density at radius 1 is 1.10 bits per heavy atom. The molecule has 2 heterocycles. The van der Waals surface area contributed by atoms with Gasteiger partial charge in [0.2, 0.25) is 10.0 Å². The molecular formula is C19H24Cl2N2O7S. The number of halogens is 2. The van der Waals surface area contributed by atoms with E-state index in [0.29, 0.717) is 13.1 Å². The first kappa shape index (κ1) is 24.2. The van der Waals surface area contributed by atoms with E-state index in [1.165, 1.54) is 10.4 Å². The molecule has 0 N–H and O–H groups in total. The molecule has 0 bridgehead atoms. The number of esters is 1. The molecule has 1 aromatic rings. The third-order valence-corrected chi connectivity index (χ3v) is 7.60. The quantitative estimate of drug-likeness (QED) is 0.574. The minimum absolute atomic E-state index is 0.0722. The monoisotopic (exact) mass is 494 g/mol. The van der Waals surface area contributed by atoms with Crippen molar-refractivity contribution in [3.63, 3.8) is 0 Å². The number of carbonyl (C=O) groups is 2. The molecule has 31 heavy (non-hydrogen) atoms. The van der Waals surface area contributed by atoms with Gasteiger partial charge in [0, 0.05) is 26.2 Å². The fraction of sp³-hybridized carbons (Fsp3) is 0.579. The maximum atomic E-state index is 12.9. The van der Waals surface area contributed by atoms with Gasteiger partial charge < -0.3 is 19.1 Å². The summed E-state index contributed by atoms with van der Waals surface area (Å²) in [5, 5.41) is -0.183. The molecular weight excluding hydrogens is 471 g/mol. The second-order valence-corrected chi connectivity index (χ2v) is 10.1. The van der Waals surface area contributed by atoms with Crippen LogP contribution in [-0.4, -0.2) is 87.7 Å². The normalized spacial score (nSPS) is 22.9. The summed E-state index contributed by atoms with van der Waals surface area (Å²) in [4.78, 5) is 26.3. The predicted octanol–water partition coefficient (Wildman–Crippen LogP) is 1.81. The lowest BCUT2D eigenvalue weighted by atomic mass is 10.2. The lowest BCUT2D eigenvalue weighted by molar-refractivity contribution is -0.146. The predicted molar refractivity (Wildman–Crippen MR) is 113 cm³/mol. The van der Waals surface area contributed by atoms with Crippen molar-refractivity contribution in [2.45, 2.75) is 31.0 Å². The Hall–Kier alpha value is -1.43. The van der Waals surface area contributed by atoms with Crippen molar-refractivity contribution in [3.05, 3.63) is 27.7 Å². The summed E-state index contributed by atoms with van der Waals surface area (Å²) in [6.07, 6.45) is -0.246. The third kappa shape index (κ3) is 5.68. The van der Waals surface area contributed by atoms with Gasteiger partial charge in [-0.3, -0.25) is 4.79 Å². The van der Waals surface area contributed by atoms with E-state index in [4.69, 9.17) is 37.4 Å². The molecule has 0 aromatic heterocycles. The summed E-state index contributed by atoms with van der Waals surface area (Å²) < 4.78 is 43.0. The molecule has 2 aliphatic rings. The van der Waals surface area contributed by atoms with Crippen molar-refractivity contribution in [2.24, 2.45) is 0 Å². The largest absolute Gasteiger partial charge is 0.452 e. The van der Waals surface area contributed by atoms with E-state index in [9.17, 15) is 18.0 Å². The zero-order valence-electron chi connectivity index (χ0n) is 17.2. The van der Waals surface area contributed by atoms with E-state index < -0.39 is 22.6 Å². The van der Waals surface area contributed by atoms with E-state index in [1.54, 1.807) is 4.90 Å². The Morgan fingerprint density at radius 2 is 1.71 bits per heavy atom.